The molecule has 0 spiro atoms. The van der Waals surface area contributed by atoms with Gasteiger partial charge in [0.05, 0.1) is 11.9 Å². The Hall–Kier alpha value is -3.54. The Balaban J connectivity index is 1.68. The van der Waals surface area contributed by atoms with Crippen molar-refractivity contribution >= 4 is 29.3 Å². The second-order valence-corrected chi connectivity index (χ2v) is 10.4. The van der Waals surface area contributed by atoms with Crippen LogP contribution in [0.25, 0.3) is 10.6 Å². The first kappa shape index (κ1) is 24.6. The number of anilines is 1. The third-order valence-corrected chi connectivity index (χ3v) is 6.50. The third-order valence-electron chi connectivity index (χ3n) is 5.44. The highest BCUT2D eigenvalue weighted by atomic mass is 32.1. The normalized spacial score (nSPS) is 19.6. The molecule has 0 bridgehead atoms. The summed E-state index contributed by atoms with van der Waals surface area (Å²) >= 11 is 1.08. The number of aromatic nitrogens is 4. The van der Waals surface area contributed by atoms with E-state index in [1.165, 1.54) is 41.8 Å². The predicted octanol–water partition coefficient (Wildman–Crippen LogP) is 4.04. The van der Waals surface area contributed by atoms with Gasteiger partial charge in [0.1, 0.15) is 27.5 Å². The van der Waals surface area contributed by atoms with E-state index in [1.807, 2.05) is 0 Å². The standard InChI is InChI=1S/C23H24F2N6O3S/c1-22(2,3)34-21(33)31(12-23(7-14(24)8-23)17-15(25)5-4-6-27-17)20-29-9-13(10-30-20)19-28-11-16(35-19)18(26)32/h4-6,9-11,14H,7-8,12H2,1-3H3,(H2,26,32)/t14-,23-. The number of ether oxygens (including phenoxy) is 1. The highest BCUT2D eigenvalue weighted by Gasteiger charge is 2.51. The van der Waals surface area contributed by atoms with E-state index in [9.17, 15) is 18.4 Å². The maximum absolute atomic E-state index is 14.7. The van der Waals surface area contributed by atoms with Crippen LogP contribution in [-0.4, -0.2) is 50.3 Å². The molecular formula is C23H24F2N6O3S. The number of carbonyl (C=O) groups excluding carboxylic acids is 2. The molecule has 0 aliphatic heterocycles. The summed E-state index contributed by atoms with van der Waals surface area (Å²) in [6.07, 6.45) is 3.76. The number of nitrogens with two attached hydrogens (primary N) is 1. The number of rotatable bonds is 6. The van der Waals surface area contributed by atoms with Gasteiger partial charge in [-0.05, 0) is 45.7 Å². The zero-order valence-electron chi connectivity index (χ0n) is 19.4. The summed E-state index contributed by atoms with van der Waals surface area (Å²) in [6.45, 7) is 5.00. The van der Waals surface area contributed by atoms with Crippen LogP contribution < -0.4 is 10.6 Å². The molecule has 0 atom stereocenters. The van der Waals surface area contributed by atoms with Crippen LogP contribution in [0.2, 0.25) is 0 Å². The van der Waals surface area contributed by atoms with Crippen molar-refractivity contribution in [3.63, 3.8) is 0 Å². The maximum atomic E-state index is 14.7. The quantitative estimate of drug-likeness (QED) is 0.539. The smallest absolute Gasteiger partial charge is 0.417 e. The number of nitrogens with zero attached hydrogens (tertiary/aromatic N) is 5. The van der Waals surface area contributed by atoms with Crippen LogP contribution in [0.15, 0.2) is 36.9 Å². The number of halogens is 2. The topological polar surface area (TPSA) is 124 Å². The maximum Gasteiger partial charge on any atom is 0.417 e. The summed E-state index contributed by atoms with van der Waals surface area (Å²) in [7, 11) is 0. The van der Waals surface area contributed by atoms with Crippen LogP contribution in [0.5, 0.6) is 0 Å². The second kappa shape index (κ2) is 9.25. The molecule has 3 heterocycles. The Morgan fingerprint density at radius 1 is 1.20 bits per heavy atom. The second-order valence-electron chi connectivity index (χ2n) is 9.35. The molecule has 4 rings (SSSR count). The SMILES string of the molecule is CC(C)(C)OC(=O)N(C[C@]1(c2ncccc2F)C[C@H](F)C1)c1ncc(-c2ncc(C(N)=O)s2)cn1. The van der Waals surface area contributed by atoms with Crippen molar-refractivity contribution in [2.45, 2.75) is 50.8 Å². The van der Waals surface area contributed by atoms with Crippen molar-refractivity contribution in [1.82, 2.24) is 19.9 Å². The van der Waals surface area contributed by atoms with Gasteiger partial charge in [-0.1, -0.05) is 0 Å². The summed E-state index contributed by atoms with van der Waals surface area (Å²) < 4.78 is 34.3. The molecule has 3 aromatic heterocycles. The minimum absolute atomic E-state index is 0.00662. The molecule has 2 amide bonds. The molecule has 9 nitrogen and oxygen atoms in total. The fourth-order valence-electron chi connectivity index (χ4n) is 3.89. The van der Waals surface area contributed by atoms with Gasteiger partial charge in [-0.3, -0.25) is 9.78 Å². The zero-order valence-corrected chi connectivity index (χ0v) is 20.2. The number of thiazole rings is 1. The van der Waals surface area contributed by atoms with E-state index in [2.05, 4.69) is 19.9 Å². The predicted molar refractivity (Wildman–Crippen MR) is 125 cm³/mol. The van der Waals surface area contributed by atoms with E-state index in [-0.39, 0.29) is 35.9 Å². The first-order chi connectivity index (χ1) is 16.5. The Kier molecular flexibility index (Phi) is 6.50. The van der Waals surface area contributed by atoms with Crippen LogP contribution in [0.1, 0.15) is 49.0 Å². The number of primary amides is 1. The average Bonchev–Trinajstić information content (AvgIpc) is 3.26. The largest absolute Gasteiger partial charge is 0.443 e. The van der Waals surface area contributed by atoms with E-state index < -0.39 is 35.0 Å². The summed E-state index contributed by atoms with van der Waals surface area (Å²) in [6, 6.07) is 2.71. The molecular weight excluding hydrogens is 478 g/mol. The summed E-state index contributed by atoms with van der Waals surface area (Å²) in [4.78, 5) is 42.9. The van der Waals surface area contributed by atoms with Crippen molar-refractivity contribution in [3.05, 3.63) is 53.3 Å². The Labute approximate surface area is 204 Å². The molecule has 3 aromatic rings. The third kappa shape index (κ3) is 5.26. The molecule has 1 aliphatic rings. The van der Waals surface area contributed by atoms with Crippen LogP contribution in [0.3, 0.4) is 0 Å². The molecule has 0 radical (unpaired) electrons. The van der Waals surface area contributed by atoms with E-state index >= 15 is 0 Å². The van der Waals surface area contributed by atoms with Crippen molar-refractivity contribution < 1.29 is 23.1 Å². The van der Waals surface area contributed by atoms with Crippen molar-refractivity contribution in [2.75, 3.05) is 11.4 Å². The van der Waals surface area contributed by atoms with Crippen LogP contribution in [0, 0.1) is 5.82 Å². The molecule has 0 aromatic carbocycles. The summed E-state index contributed by atoms with van der Waals surface area (Å²) in [5, 5.41) is 0.473. The fourth-order valence-corrected chi connectivity index (χ4v) is 4.63. The van der Waals surface area contributed by atoms with Crippen LogP contribution >= 0.6 is 11.3 Å². The Morgan fingerprint density at radius 2 is 1.89 bits per heavy atom. The van der Waals surface area contributed by atoms with Crippen molar-refractivity contribution in [3.8, 4) is 10.6 Å². The minimum Gasteiger partial charge on any atom is -0.443 e. The van der Waals surface area contributed by atoms with Gasteiger partial charge in [-0.2, -0.15) is 0 Å². The van der Waals surface area contributed by atoms with Gasteiger partial charge in [0.25, 0.3) is 5.91 Å². The summed E-state index contributed by atoms with van der Waals surface area (Å²) in [5.41, 5.74) is 3.99. The van der Waals surface area contributed by atoms with Gasteiger partial charge in [0.15, 0.2) is 0 Å². The Bertz CT molecular complexity index is 1240. The van der Waals surface area contributed by atoms with Gasteiger partial charge < -0.3 is 10.5 Å². The Morgan fingerprint density at radius 3 is 2.43 bits per heavy atom. The average molecular weight is 503 g/mol. The van der Waals surface area contributed by atoms with Crippen molar-refractivity contribution in [1.29, 1.82) is 0 Å². The van der Waals surface area contributed by atoms with Crippen LogP contribution in [0.4, 0.5) is 19.5 Å². The molecule has 0 unspecified atom stereocenters. The number of hydrogen-bond donors (Lipinski definition) is 1. The molecule has 0 saturated heterocycles. The monoisotopic (exact) mass is 502 g/mol. The van der Waals surface area contributed by atoms with Crippen LogP contribution in [-0.2, 0) is 10.2 Å². The van der Waals surface area contributed by atoms with E-state index in [0.29, 0.717) is 10.6 Å². The molecule has 12 heteroatoms. The van der Waals surface area contributed by atoms with Gasteiger partial charge in [-0.25, -0.2) is 33.4 Å². The molecule has 1 aliphatic carbocycles. The zero-order chi connectivity index (χ0) is 25.4. The summed E-state index contributed by atoms with van der Waals surface area (Å²) in [5.74, 6) is -1.18. The number of hydrogen-bond acceptors (Lipinski definition) is 8. The van der Waals surface area contributed by atoms with E-state index in [0.717, 1.165) is 11.3 Å². The van der Waals surface area contributed by atoms with Gasteiger partial charge in [-0.15, -0.1) is 11.3 Å². The van der Waals surface area contributed by atoms with E-state index in [1.54, 1.807) is 20.8 Å². The van der Waals surface area contributed by atoms with Gasteiger partial charge in [0.2, 0.25) is 5.95 Å². The first-order valence-corrected chi connectivity index (χ1v) is 11.6. The lowest BCUT2D eigenvalue weighted by Crippen LogP contribution is -2.54. The highest BCUT2D eigenvalue weighted by Crippen LogP contribution is 2.46. The molecule has 2 N–H and O–H groups in total. The first-order valence-electron chi connectivity index (χ1n) is 10.8. The molecule has 35 heavy (non-hydrogen) atoms. The van der Waals surface area contributed by atoms with Gasteiger partial charge in [0, 0.05) is 36.1 Å². The van der Waals surface area contributed by atoms with Gasteiger partial charge >= 0.3 is 6.09 Å². The number of pyridine rings is 1. The minimum atomic E-state index is -1.15. The molecule has 1 saturated carbocycles. The number of amides is 2. The van der Waals surface area contributed by atoms with E-state index in [4.69, 9.17) is 10.5 Å². The number of carbonyl (C=O) groups is 2. The number of alkyl halides is 1. The lowest BCUT2D eigenvalue weighted by atomic mass is 9.64. The lowest BCUT2D eigenvalue weighted by molar-refractivity contribution is 0.0505. The molecule has 1 fully saturated rings. The molecule has 184 valence electrons. The lowest BCUT2D eigenvalue weighted by Gasteiger charge is -2.45. The highest BCUT2D eigenvalue weighted by molar-refractivity contribution is 7.16. The van der Waals surface area contributed by atoms with Crippen molar-refractivity contribution in [2.24, 2.45) is 5.73 Å². The fraction of sp³-hybridized carbons (Fsp3) is 0.391.